The molecule has 1 aliphatic carbocycles. The van der Waals surface area contributed by atoms with Crippen molar-refractivity contribution in [3.63, 3.8) is 0 Å². The average molecular weight is 331 g/mol. The van der Waals surface area contributed by atoms with Gasteiger partial charge in [-0.3, -0.25) is 9.69 Å². The fourth-order valence-electron chi connectivity index (χ4n) is 2.81. The Morgan fingerprint density at radius 1 is 1.36 bits per heavy atom. The number of hydrogen-bond acceptors (Lipinski definition) is 4. The average Bonchev–Trinajstić information content (AvgIpc) is 2.44. The third-order valence-corrected chi connectivity index (χ3v) is 5.12. The number of thioether (sulfide) groups is 1. The Balaban J connectivity index is 2.38. The van der Waals surface area contributed by atoms with Crippen LogP contribution in [0.15, 0.2) is 0 Å². The molecule has 1 saturated carbocycles. The lowest BCUT2D eigenvalue weighted by atomic mass is 9.85. The van der Waals surface area contributed by atoms with E-state index in [1.165, 1.54) is 0 Å². The molecule has 22 heavy (non-hydrogen) atoms. The molecule has 0 aromatic heterocycles. The third-order valence-electron chi connectivity index (χ3n) is 4.40. The van der Waals surface area contributed by atoms with Crippen molar-refractivity contribution in [1.82, 2.24) is 15.1 Å². The van der Waals surface area contributed by atoms with Gasteiger partial charge in [0.1, 0.15) is 0 Å². The smallest absolute Gasteiger partial charge is 0.317 e. The van der Waals surface area contributed by atoms with E-state index in [-0.39, 0.29) is 30.7 Å². The molecule has 0 bridgehead atoms. The van der Waals surface area contributed by atoms with Gasteiger partial charge in [0.05, 0.1) is 6.54 Å². The summed E-state index contributed by atoms with van der Waals surface area (Å²) >= 11 is 1.75. The van der Waals surface area contributed by atoms with E-state index < -0.39 is 5.97 Å². The Morgan fingerprint density at radius 2 is 2.00 bits per heavy atom. The molecule has 0 radical (unpaired) electrons. The zero-order chi connectivity index (χ0) is 16.7. The molecule has 7 heteroatoms. The molecule has 1 rings (SSSR count). The number of carbonyl (C=O) groups is 2. The van der Waals surface area contributed by atoms with Crippen molar-refractivity contribution in [2.45, 2.75) is 51.2 Å². The molecule has 2 amide bonds. The van der Waals surface area contributed by atoms with E-state index in [1.807, 2.05) is 25.1 Å². The van der Waals surface area contributed by atoms with E-state index in [4.69, 9.17) is 5.11 Å². The lowest BCUT2D eigenvalue weighted by Crippen LogP contribution is -2.57. The zero-order valence-corrected chi connectivity index (χ0v) is 14.9. The van der Waals surface area contributed by atoms with Gasteiger partial charge in [0.2, 0.25) is 0 Å². The number of hydrogen-bond donors (Lipinski definition) is 2. The summed E-state index contributed by atoms with van der Waals surface area (Å²) in [6.07, 6.45) is 4.66. The van der Waals surface area contributed by atoms with E-state index in [2.05, 4.69) is 12.2 Å². The zero-order valence-electron chi connectivity index (χ0n) is 14.0. The number of urea groups is 1. The van der Waals surface area contributed by atoms with Crippen molar-refractivity contribution < 1.29 is 14.7 Å². The summed E-state index contributed by atoms with van der Waals surface area (Å²) in [5.41, 5.74) is 0. The standard InChI is InChI=1S/C15H29N3O3S/c1-5-12(10-22-4)17(3)15(21)16-11-7-13(8-11)18(6-2)9-14(19)20/h11-13H,5-10H2,1-4H3,(H,16,21)(H,19,20). The van der Waals surface area contributed by atoms with Gasteiger partial charge in [0, 0.05) is 30.9 Å². The molecule has 1 unspecified atom stereocenters. The van der Waals surface area contributed by atoms with E-state index in [1.54, 1.807) is 16.7 Å². The first-order chi connectivity index (χ1) is 10.4. The molecule has 0 saturated heterocycles. The van der Waals surface area contributed by atoms with Gasteiger partial charge in [-0.15, -0.1) is 0 Å². The number of rotatable bonds is 9. The van der Waals surface area contributed by atoms with Crippen LogP contribution in [0.1, 0.15) is 33.1 Å². The fourth-order valence-corrected chi connectivity index (χ4v) is 3.66. The van der Waals surface area contributed by atoms with E-state index >= 15 is 0 Å². The van der Waals surface area contributed by atoms with E-state index in [0.29, 0.717) is 0 Å². The molecule has 6 nitrogen and oxygen atoms in total. The number of aliphatic carboxylic acids is 1. The van der Waals surface area contributed by atoms with Crippen LogP contribution in [0, 0.1) is 0 Å². The molecular formula is C15H29N3O3S. The highest BCUT2D eigenvalue weighted by Gasteiger charge is 2.35. The van der Waals surface area contributed by atoms with Gasteiger partial charge < -0.3 is 15.3 Å². The predicted molar refractivity (Wildman–Crippen MR) is 90.4 cm³/mol. The second-order valence-electron chi connectivity index (χ2n) is 5.86. The number of carboxylic acids is 1. The molecule has 0 aliphatic heterocycles. The number of carbonyl (C=O) groups excluding carboxylic acids is 1. The Morgan fingerprint density at radius 3 is 2.45 bits per heavy atom. The summed E-state index contributed by atoms with van der Waals surface area (Å²) in [6, 6.07) is 0.662. The summed E-state index contributed by atoms with van der Waals surface area (Å²) < 4.78 is 0. The lowest BCUT2D eigenvalue weighted by Gasteiger charge is -2.43. The van der Waals surface area contributed by atoms with E-state index in [0.717, 1.165) is 31.6 Å². The van der Waals surface area contributed by atoms with Crippen LogP contribution in [0.3, 0.4) is 0 Å². The normalized spacial score (nSPS) is 22.0. The largest absolute Gasteiger partial charge is 0.480 e. The quantitative estimate of drug-likeness (QED) is 0.673. The molecular weight excluding hydrogens is 302 g/mol. The minimum absolute atomic E-state index is 0.0226. The third kappa shape index (κ3) is 5.35. The highest BCUT2D eigenvalue weighted by atomic mass is 32.2. The maximum Gasteiger partial charge on any atom is 0.317 e. The van der Waals surface area contributed by atoms with Crippen LogP contribution in [-0.2, 0) is 4.79 Å². The molecule has 1 atom stereocenters. The van der Waals surface area contributed by atoms with Crippen LogP contribution in [0.5, 0.6) is 0 Å². The van der Waals surface area contributed by atoms with E-state index in [9.17, 15) is 9.59 Å². The van der Waals surface area contributed by atoms with Crippen molar-refractivity contribution in [2.75, 3.05) is 32.1 Å². The maximum absolute atomic E-state index is 12.2. The molecule has 0 aromatic carbocycles. The van der Waals surface area contributed by atoms with Crippen LogP contribution in [0.2, 0.25) is 0 Å². The van der Waals surface area contributed by atoms with Gasteiger partial charge in [-0.2, -0.15) is 11.8 Å². The Kier molecular flexibility index (Phi) is 8.03. The molecule has 1 fully saturated rings. The van der Waals surface area contributed by atoms with Crippen LogP contribution >= 0.6 is 11.8 Å². The molecule has 128 valence electrons. The topological polar surface area (TPSA) is 72.9 Å². The van der Waals surface area contributed by atoms with Gasteiger partial charge in [-0.1, -0.05) is 13.8 Å². The first kappa shape index (κ1) is 19.1. The highest BCUT2D eigenvalue weighted by molar-refractivity contribution is 7.98. The van der Waals surface area contributed by atoms with Crippen LogP contribution in [0.4, 0.5) is 4.79 Å². The van der Waals surface area contributed by atoms with Crippen molar-refractivity contribution in [3.05, 3.63) is 0 Å². The second kappa shape index (κ2) is 9.25. The van der Waals surface area contributed by atoms with Gasteiger partial charge >= 0.3 is 12.0 Å². The number of carboxylic acid groups (broad SMARTS) is 1. The molecule has 0 spiro atoms. The summed E-state index contributed by atoms with van der Waals surface area (Å²) in [4.78, 5) is 26.8. The summed E-state index contributed by atoms with van der Waals surface area (Å²) in [5.74, 6) is 0.146. The Bertz CT molecular complexity index is 375. The minimum atomic E-state index is -0.795. The predicted octanol–water partition coefficient (Wildman–Crippen LogP) is 1.71. The van der Waals surface area contributed by atoms with Gasteiger partial charge in [0.25, 0.3) is 0 Å². The number of nitrogens with zero attached hydrogens (tertiary/aromatic N) is 2. The van der Waals surface area contributed by atoms with Crippen LogP contribution < -0.4 is 5.32 Å². The number of amides is 2. The molecule has 0 heterocycles. The SMILES string of the molecule is CCC(CSC)N(C)C(=O)NC1CC(N(CC)CC(=O)O)C1. The first-order valence-electron chi connectivity index (χ1n) is 7.90. The van der Waals surface area contributed by atoms with Crippen molar-refractivity contribution in [1.29, 1.82) is 0 Å². The molecule has 2 N–H and O–H groups in total. The fraction of sp³-hybridized carbons (Fsp3) is 0.867. The lowest BCUT2D eigenvalue weighted by molar-refractivity contribution is -0.139. The first-order valence-corrected chi connectivity index (χ1v) is 9.30. The van der Waals surface area contributed by atoms with Crippen molar-refractivity contribution >= 4 is 23.8 Å². The number of nitrogens with one attached hydrogen (secondary N) is 1. The Labute approximate surface area is 137 Å². The Hall–Kier alpha value is -0.950. The summed E-state index contributed by atoms with van der Waals surface area (Å²) in [7, 11) is 1.85. The minimum Gasteiger partial charge on any atom is -0.480 e. The van der Waals surface area contributed by atoms with Crippen LogP contribution in [-0.4, -0.2) is 77.2 Å². The maximum atomic E-state index is 12.2. The van der Waals surface area contributed by atoms with Gasteiger partial charge in [-0.25, -0.2) is 4.79 Å². The van der Waals surface area contributed by atoms with Crippen molar-refractivity contribution in [3.8, 4) is 0 Å². The monoisotopic (exact) mass is 331 g/mol. The van der Waals surface area contributed by atoms with Gasteiger partial charge in [0.15, 0.2) is 0 Å². The highest BCUT2D eigenvalue weighted by Crippen LogP contribution is 2.25. The summed E-state index contributed by atoms with van der Waals surface area (Å²) in [5, 5.41) is 11.9. The van der Waals surface area contributed by atoms with Gasteiger partial charge in [-0.05, 0) is 32.1 Å². The van der Waals surface area contributed by atoms with Crippen LogP contribution in [0.25, 0.3) is 0 Å². The molecule has 0 aromatic rings. The van der Waals surface area contributed by atoms with Crippen molar-refractivity contribution in [2.24, 2.45) is 0 Å². The molecule has 1 aliphatic rings. The summed E-state index contributed by atoms with van der Waals surface area (Å²) in [6.45, 7) is 4.86. The second-order valence-corrected chi connectivity index (χ2v) is 6.77. The number of likely N-dealkylation sites (N-methyl/N-ethyl adjacent to an activating group) is 1.